The number of hydrogen-bond donors (Lipinski definition) is 2. The number of carboxylic acids is 1. The van der Waals surface area contributed by atoms with Gasteiger partial charge >= 0.3 is 12.0 Å². The monoisotopic (exact) mass is 294 g/mol. The predicted octanol–water partition coefficient (Wildman–Crippen LogP) is 2.24. The van der Waals surface area contributed by atoms with Crippen molar-refractivity contribution in [1.29, 1.82) is 0 Å². The van der Waals surface area contributed by atoms with E-state index in [2.05, 4.69) is 16.8 Å². The number of carboxylic acid groups (broad SMARTS) is 1. The predicted molar refractivity (Wildman–Crippen MR) is 75.8 cm³/mol. The van der Waals surface area contributed by atoms with E-state index in [9.17, 15) is 9.59 Å². The number of aliphatic carboxylic acids is 1. The zero-order chi connectivity index (χ0) is 14.3. The van der Waals surface area contributed by atoms with Gasteiger partial charge < -0.3 is 15.3 Å². The van der Waals surface area contributed by atoms with Crippen LogP contribution in [0.25, 0.3) is 0 Å². The van der Waals surface area contributed by atoms with E-state index in [1.807, 2.05) is 6.92 Å². The Morgan fingerprint density at radius 2 is 2.30 bits per heavy atom. The summed E-state index contributed by atoms with van der Waals surface area (Å²) in [6.07, 6.45) is 2.20. The maximum absolute atomic E-state index is 12.3. The molecule has 6 heteroatoms. The molecule has 0 spiro atoms. The molecule has 1 aliphatic carbocycles. The molecule has 5 nitrogen and oxygen atoms in total. The minimum absolute atomic E-state index is 0.0602. The van der Waals surface area contributed by atoms with Crippen molar-refractivity contribution in [2.45, 2.75) is 32.2 Å². The second-order valence-electron chi connectivity index (χ2n) is 5.66. The number of hydrogen-bond acceptors (Lipinski definition) is 3. The molecule has 2 N–H and O–H groups in total. The van der Waals surface area contributed by atoms with Crippen molar-refractivity contribution in [3.63, 3.8) is 0 Å². The summed E-state index contributed by atoms with van der Waals surface area (Å²) >= 11 is 1.74. The third kappa shape index (κ3) is 2.18. The van der Waals surface area contributed by atoms with E-state index < -0.39 is 11.4 Å². The quantitative estimate of drug-likeness (QED) is 0.898. The maximum Gasteiger partial charge on any atom is 0.317 e. The zero-order valence-corrected chi connectivity index (χ0v) is 12.2. The minimum Gasteiger partial charge on any atom is -0.481 e. The van der Waals surface area contributed by atoms with Gasteiger partial charge in [-0.2, -0.15) is 0 Å². The fraction of sp³-hybridized carbons (Fsp3) is 0.571. The molecule has 0 radical (unpaired) electrons. The standard InChI is InChI=1S/C14H18N2O3S/c1-9-10-3-7-20-11(10)2-6-16(9)13(19)15-8-14(4-5-14)12(17)18/h3,7,9H,2,4-6,8H2,1H3,(H,15,19)(H,17,18). The van der Waals surface area contributed by atoms with Gasteiger partial charge in [-0.05, 0) is 43.2 Å². The fourth-order valence-corrected chi connectivity index (χ4v) is 3.71. The van der Waals surface area contributed by atoms with Gasteiger partial charge in [-0.25, -0.2) is 4.79 Å². The average molecular weight is 294 g/mol. The van der Waals surface area contributed by atoms with E-state index in [0.717, 1.165) is 6.42 Å². The van der Waals surface area contributed by atoms with Gasteiger partial charge in [0.2, 0.25) is 0 Å². The first-order valence-electron chi connectivity index (χ1n) is 6.88. The Kier molecular flexibility index (Phi) is 3.20. The largest absolute Gasteiger partial charge is 0.481 e. The highest BCUT2D eigenvalue weighted by atomic mass is 32.1. The number of rotatable bonds is 3. The molecule has 108 valence electrons. The van der Waals surface area contributed by atoms with Crippen LogP contribution < -0.4 is 5.32 Å². The highest BCUT2D eigenvalue weighted by Gasteiger charge is 2.50. The summed E-state index contributed by atoms with van der Waals surface area (Å²) in [6.45, 7) is 2.95. The number of amides is 2. The first-order chi connectivity index (χ1) is 9.53. The first kappa shape index (κ1) is 13.4. The SMILES string of the molecule is CC1c2ccsc2CCN1C(=O)NCC1(C(=O)O)CC1. The molecule has 1 unspecified atom stereocenters. The zero-order valence-electron chi connectivity index (χ0n) is 11.4. The van der Waals surface area contributed by atoms with E-state index in [1.165, 1.54) is 10.4 Å². The molecule has 1 saturated carbocycles. The first-order valence-corrected chi connectivity index (χ1v) is 7.76. The highest BCUT2D eigenvalue weighted by molar-refractivity contribution is 7.10. The number of fused-ring (bicyclic) bond motifs is 1. The number of carbonyl (C=O) groups excluding carboxylic acids is 1. The van der Waals surface area contributed by atoms with Crippen molar-refractivity contribution < 1.29 is 14.7 Å². The van der Waals surface area contributed by atoms with Crippen LogP contribution >= 0.6 is 11.3 Å². The summed E-state index contributed by atoms with van der Waals surface area (Å²) < 4.78 is 0. The van der Waals surface area contributed by atoms with Crippen LogP contribution in [0.3, 0.4) is 0 Å². The van der Waals surface area contributed by atoms with Crippen molar-refractivity contribution >= 4 is 23.3 Å². The van der Waals surface area contributed by atoms with Crippen molar-refractivity contribution in [2.24, 2.45) is 5.41 Å². The molecule has 1 atom stereocenters. The normalized spacial score (nSPS) is 23.1. The molecule has 2 heterocycles. The smallest absolute Gasteiger partial charge is 0.317 e. The van der Waals surface area contributed by atoms with Crippen molar-refractivity contribution in [2.75, 3.05) is 13.1 Å². The second kappa shape index (κ2) is 4.77. The van der Waals surface area contributed by atoms with E-state index in [0.29, 0.717) is 19.4 Å². The van der Waals surface area contributed by atoms with E-state index >= 15 is 0 Å². The van der Waals surface area contributed by atoms with Crippen LogP contribution in [0.5, 0.6) is 0 Å². The Bertz CT molecular complexity index is 550. The lowest BCUT2D eigenvalue weighted by atomic mass is 10.0. The summed E-state index contributed by atoms with van der Waals surface area (Å²) in [6, 6.07) is 1.98. The number of nitrogens with zero attached hydrogens (tertiary/aromatic N) is 1. The van der Waals surface area contributed by atoms with Gasteiger partial charge in [-0.15, -0.1) is 11.3 Å². The molecule has 2 amide bonds. The van der Waals surface area contributed by atoms with E-state index in [-0.39, 0.29) is 18.6 Å². The molecular formula is C14H18N2O3S. The summed E-state index contributed by atoms with van der Waals surface area (Å²) in [5.41, 5.74) is 0.512. The molecule has 1 fully saturated rings. The van der Waals surface area contributed by atoms with Gasteiger partial charge in [0.15, 0.2) is 0 Å². The van der Waals surface area contributed by atoms with Crippen molar-refractivity contribution in [1.82, 2.24) is 10.2 Å². The lowest BCUT2D eigenvalue weighted by molar-refractivity contribution is -0.143. The molecule has 20 heavy (non-hydrogen) atoms. The third-order valence-corrected chi connectivity index (χ3v) is 5.42. The lowest BCUT2D eigenvalue weighted by Crippen LogP contribution is -2.46. The molecule has 0 bridgehead atoms. The Morgan fingerprint density at radius 3 is 2.95 bits per heavy atom. The van der Waals surface area contributed by atoms with Gasteiger partial charge in [0.25, 0.3) is 0 Å². The van der Waals surface area contributed by atoms with Gasteiger partial charge in [-0.3, -0.25) is 4.79 Å². The lowest BCUT2D eigenvalue weighted by Gasteiger charge is -2.34. The van der Waals surface area contributed by atoms with Gasteiger partial charge in [0.05, 0.1) is 11.5 Å². The Balaban J connectivity index is 1.63. The molecule has 0 aromatic carbocycles. The van der Waals surface area contributed by atoms with E-state index in [4.69, 9.17) is 5.11 Å². The summed E-state index contributed by atoms with van der Waals surface area (Å²) in [7, 11) is 0. The number of urea groups is 1. The Hall–Kier alpha value is -1.56. The topological polar surface area (TPSA) is 69.6 Å². The summed E-state index contributed by atoms with van der Waals surface area (Å²) in [4.78, 5) is 26.5. The van der Waals surface area contributed by atoms with Crippen LogP contribution in [0, 0.1) is 5.41 Å². The Morgan fingerprint density at radius 1 is 1.55 bits per heavy atom. The van der Waals surface area contributed by atoms with Crippen LogP contribution in [-0.4, -0.2) is 35.1 Å². The number of carbonyl (C=O) groups is 2. The molecule has 1 aliphatic heterocycles. The van der Waals surface area contributed by atoms with Crippen LogP contribution in [0.15, 0.2) is 11.4 Å². The summed E-state index contributed by atoms with van der Waals surface area (Å²) in [5, 5.41) is 14.0. The van der Waals surface area contributed by atoms with Crippen molar-refractivity contribution in [3.8, 4) is 0 Å². The van der Waals surface area contributed by atoms with E-state index in [1.54, 1.807) is 16.2 Å². The van der Waals surface area contributed by atoms with Crippen molar-refractivity contribution in [3.05, 3.63) is 21.9 Å². The minimum atomic E-state index is -0.801. The Labute approximate surface area is 121 Å². The molecular weight excluding hydrogens is 276 g/mol. The number of thiophene rings is 1. The highest BCUT2D eigenvalue weighted by Crippen LogP contribution is 2.45. The van der Waals surface area contributed by atoms with Crippen LogP contribution in [0.2, 0.25) is 0 Å². The molecule has 1 aromatic heterocycles. The van der Waals surface area contributed by atoms with Gasteiger partial charge in [-0.1, -0.05) is 0 Å². The molecule has 1 aromatic rings. The third-order valence-electron chi connectivity index (χ3n) is 4.42. The second-order valence-corrected chi connectivity index (χ2v) is 6.66. The summed E-state index contributed by atoms with van der Waals surface area (Å²) in [5.74, 6) is -0.801. The van der Waals surface area contributed by atoms with Gasteiger partial charge in [0, 0.05) is 18.0 Å². The van der Waals surface area contributed by atoms with Crippen LogP contribution in [0.1, 0.15) is 36.2 Å². The average Bonchev–Trinajstić information content (AvgIpc) is 3.06. The molecule has 2 aliphatic rings. The van der Waals surface area contributed by atoms with Crippen LogP contribution in [0.4, 0.5) is 4.79 Å². The van der Waals surface area contributed by atoms with Gasteiger partial charge in [0.1, 0.15) is 0 Å². The molecule has 3 rings (SSSR count). The molecule has 0 saturated heterocycles. The fourth-order valence-electron chi connectivity index (χ4n) is 2.75. The maximum atomic E-state index is 12.3. The number of nitrogens with one attached hydrogen (secondary N) is 1. The van der Waals surface area contributed by atoms with Crippen LogP contribution in [-0.2, 0) is 11.2 Å².